The van der Waals surface area contributed by atoms with Gasteiger partial charge < -0.3 is 4.90 Å². The van der Waals surface area contributed by atoms with Crippen molar-refractivity contribution in [2.24, 2.45) is 0 Å². The molecule has 5 heteroatoms. The lowest BCUT2D eigenvalue weighted by Crippen LogP contribution is -2.34. The standard InChI is InChI=1S/C13H18N4O/c1-4-5-9(2)17(3)13(18)10-6-7-11-12(8-10)15-16-14-11/h6-9H,4-5H2,1-3H3,(H,14,15,16). The Balaban J connectivity index is 2.21. The van der Waals surface area contributed by atoms with Gasteiger partial charge in [-0.1, -0.05) is 13.3 Å². The van der Waals surface area contributed by atoms with E-state index in [1.807, 2.05) is 13.1 Å². The van der Waals surface area contributed by atoms with E-state index in [1.165, 1.54) is 0 Å². The molecule has 1 unspecified atom stereocenters. The summed E-state index contributed by atoms with van der Waals surface area (Å²) < 4.78 is 0. The molecule has 18 heavy (non-hydrogen) atoms. The minimum absolute atomic E-state index is 0.0286. The molecule has 0 aliphatic heterocycles. The van der Waals surface area contributed by atoms with Gasteiger partial charge in [0.25, 0.3) is 5.91 Å². The van der Waals surface area contributed by atoms with Crippen molar-refractivity contribution < 1.29 is 4.79 Å². The number of carbonyl (C=O) groups is 1. The predicted molar refractivity (Wildman–Crippen MR) is 70.4 cm³/mol. The first-order valence-electron chi connectivity index (χ1n) is 6.21. The molecule has 1 aromatic heterocycles. The van der Waals surface area contributed by atoms with Crippen molar-refractivity contribution in [2.75, 3.05) is 7.05 Å². The zero-order chi connectivity index (χ0) is 13.1. The van der Waals surface area contributed by atoms with Gasteiger partial charge in [0.05, 0.1) is 0 Å². The molecule has 0 aliphatic rings. The normalized spacial score (nSPS) is 12.6. The summed E-state index contributed by atoms with van der Waals surface area (Å²) in [6.45, 7) is 4.19. The van der Waals surface area contributed by atoms with Crippen LogP contribution in [0.4, 0.5) is 0 Å². The number of hydrogen-bond acceptors (Lipinski definition) is 3. The number of nitrogens with one attached hydrogen (secondary N) is 1. The average molecular weight is 246 g/mol. The lowest BCUT2D eigenvalue weighted by atomic mass is 10.1. The molecule has 0 saturated carbocycles. The van der Waals surface area contributed by atoms with Crippen LogP contribution in [0.25, 0.3) is 11.0 Å². The highest BCUT2D eigenvalue weighted by Crippen LogP contribution is 2.14. The van der Waals surface area contributed by atoms with Crippen LogP contribution in [0.2, 0.25) is 0 Å². The van der Waals surface area contributed by atoms with Crippen molar-refractivity contribution in [3.8, 4) is 0 Å². The van der Waals surface area contributed by atoms with E-state index in [0.29, 0.717) is 5.56 Å². The van der Waals surface area contributed by atoms with Crippen molar-refractivity contribution in [2.45, 2.75) is 32.7 Å². The molecule has 0 saturated heterocycles. The van der Waals surface area contributed by atoms with E-state index >= 15 is 0 Å². The Morgan fingerprint density at radius 1 is 1.39 bits per heavy atom. The third-order valence-electron chi connectivity index (χ3n) is 3.25. The summed E-state index contributed by atoms with van der Waals surface area (Å²) in [5.74, 6) is 0.0286. The predicted octanol–water partition coefficient (Wildman–Crippen LogP) is 2.22. The maximum Gasteiger partial charge on any atom is 0.253 e. The molecule has 5 nitrogen and oxygen atoms in total. The van der Waals surface area contributed by atoms with Gasteiger partial charge in [0, 0.05) is 18.7 Å². The molecule has 0 aliphatic carbocycles. The van der Waals surface area contributed by atoms with Gasteiger partial charge in [0.1, 0.15) is 11.0 Å². The minimum atomic E-state index is 0.0286. The Morgan fingerprint density at radius 2 is 2.11 bits per heavy atom. The van der Waals surface area contributed by atoms with Gasteiger partial charge in [-0.3, -0.25) is 4.79 Å². The van der Waals surface area contributed by atoms with E-state index < -0.39 is 0 Å². The number of carbonyl (C=O) groups excluding carboxylic acids is 1. The highest BCUT2D eigenvalue weighted by atomic mass is 16.2. The van der Waals surface area contributed by atoms with Crippen LogP contribution in [0, 0.1) is 0 Å². The smallest absolute Gasteiger partial charge is 0.253 e. The fourth-order valence-electron chi connectivity index (χ4n) is 1.99. The second-order valence-electron chi connectivity index (χ2n) is 4.58. The number of aromatic nitrogens is 3. The largest absolute Gasteiger partial charge is 0.339 e. The van der Waals surface area contributed by atoms with Crippen LogP contribution >= 0.6 is 0 Å². The Hall–Kier alpha value is -1.91. The third-order valence-corrected chi connectivity index (χ3v) is 3.25. The fourth-order valence-corrected chi connectivity index (χ4v) is 1.99. The Bertz CT molecular complexity index is 549. The maximum absolute atomic E-state index is 12.3. The molecule has 1 atom stereocenters. The number of hydrogen-bond donors (Lipinski definition) is 1. The highest BCUT2D eigenvalue weighted by molar-refractivity contribution is 5.97. The lowest BCUT2D eigenvalue weighted by Gasteiger charge is -2.24. The summed E-state index contributed by atoms with van der Waals surface area (Å²) in [6.07, 6.45) is 2.08. The van der Waals surface area contributed by atoms with Gasteiger partial charge in [0.15, 0.2) is 0 Å². The van der Waals surface area contributed by atoms with Crippen LogP contribution in [0.5, 0.6) is 0 Å². The van der Waals surface area contributed by atoms with Crippen LogP contribution in [0.1, 0.15) is 37.0 Å². The molecule has 0 spiro atoms. The SMILES string of the molecule is CCCC(C)N(C)C(=O)c1ccc2n[nH]nc2c1. The summed E-state index contributed by atoms with van der Waals surface area (Å²) in [5.41, 5.74) is 2.15. The number of amides is 1. The van der Waals surface area contributed by atoms with Crippen molar-refractivity contribution in [3.05, 3.63) is 23.8 Å². The summed E-state index contributed by atoms with van der Waals surface area (Å²) in [5, 5.41) is 10.5. The first-order chi connectivity index (χ1) is 8.63. The molecule has 0 radical (unpaired) electrons. The van der Waals surface area contributed by atoms with E-state index in [2.05, 4.69) is 29.3 Å². The Morgan fingerprint density at radius 3 is 2.83 bits per heavy atom. The molecule has 0 bridgehead atoms. The van der Waals surface area contributed by atoms with E-state index in [4.69, 9.17) is 0 Å². The number of aromatic amines is 1. The molecule has 2 rings (SSSR count). The third kappa shape index (κ3) is 2.34. The van der Waals surface area contributed by atoms with Crippen LogP contribution in [-0.2, 0) is 0 Å². The van der Waals surface area contributed by atoms with E-state index in [1.54, 1.807) is 17.0 Å². The molecule has 1 amide bonds. The molecular formula is C13H18N4O. The summed E-state index contributed by atoms with van der Waals surface area (Å²) in [7, 11) is 1.84. The average Bonchev–Trinajstić information content (AvgIpc) is 2.84. The molecule has 1 N–H and O–H groups in total. The highest BCUT2D eigenvalue weighted by Gasteiger charge is 2.17. The van der Waals surface area contributed by atoms with Gasteiger partial charge in [-0.05, 0) is 31.5 Å². The zero-order valence-electron chi connectivity index (χ0n) is 11.0. The zero-order valence-corrected chi connectivity index (χ0v) is 11.0. The van der Waals surface area contributed by atoms with Crippen LogP contribution < -0.4 is 0 Å². The lowest BCUT2D eigenvalue weighted by molar-refractivity contribution is 0.0737. The second kappa shape index (κ2) is 5.16. The molecule has 2 aromatic rings. The van der Waals surface area contributed by atoms with Gasteiger partial charge >= 0.3 is 0 Å². The van der Waals surface area contributed by atoms with E-state index in [-0.39, 0.29) is 11.9 Å². The topological polar surface area (TPSA) is 61.9 Å². The minimum Gasteiger partial charge on any atom is -0.339 e. The van der Waals surface area contributed by atoms with Crippen molar-refractivity contribution in [3.63, 3.8) is 0 Å². The first-order valence-corrected chi connectivity index (χ1v) is 6.21. The quantitative estimate of drug-likeness (QED) is 0.899. The molecule has 0 fully saturated rings. The van der Waals surface area contributed by atoms with Crippen LogP contribution in [0.15, 0.2) is 18.2 Å². The number of rotatable bonds is 4. The Labute approximate surface area is 106 Å². The van der Waals surface area contributed by atoms with Gasteiger partial charge in [-0.15, -0.1) is 0 Å². The van der Waals surface area contributed by atoms with Crippen molar-refractivity contribution >= 4 is 16.9 Å². The van der Waals surface area contributed by atoms with Crippen molar-refractivity contribution in [1.29, 1.82) is 0 Å². The molecule has 1 heterocycles. The van der Waals surface area contributed by atoms with Gasteiger partial charge in [0.2, 0.25) is 0 Å². The number of H-pyrrole nitrogens is 1. The van der Waals surface area contributed by atoms with E-state index in [9.17, 15) is 4.79 Å². The molecule has 1 aromatic carbocycles. The number of fused-ring (bicyclic) bond motifs is 1. The van der Waals surface area contributed by atoms with Crippen molar-refractivity contribution in [1.82, 2.24) is 20.3 Å². The first kappa shape index (κ1) is 12.5. The molecular weight excluding hydrogens is 228 g/mol. The second-order valence-corrected chi connectivity index (χ2v) is 4.58. The molecule has 96 valence electrons. The Kier molecular flexibility index (Phi) is 3.60. The van der Waals surface area contributed by atoms with E-state index in [0.717, 1.165) is 23.9 Å². The monoisotopic (exact) mass is 246 g/mol. The van der Waals surface area contributed by atoms with Gasteiger partial charge in [-0.2, -0.15) is 15.4 Å². The number of nitrogens with zero attached hydrogens (tertiary/aromatic N) is 3. The summed E-state index contributed by atoms with van der Waals surface area (Å²) in [6, 6.07) is 5.62. The summed E-state index contributed by atoms with van der Waals surface area (Å²) in [4.78, 5) is 14.1. The van der Waals surface area contributed by atoms with Crippen LogP contribution in [-0.4, -0.2) is 39.3 Å². The van der Waals surface area contributed by atoms with Gasteiger partial charge in [-0.25, -0.2) is 0 Å². The van der Waals surface area contributed by atoms with Crippen LogP contribution in [0.3, 0.4) is 0 Å². The fraction of sp³-hybridized carbons (Fsp3) is 0.462. The number of benzene rings is 1. The maximum atomic E-state index is 12.3. The summed E-state index contributed by atoms with van der Waals surface area (Å²) >= 11 is 0.